The molecule has 1 unspecified atom stereocenters. The normalized spacial score (nSPS) is 12.8. The molecule has 90 valence electrons. The maximum atomic E-state index is 6.12. The fraction of sp³-hybridized carbons (Fsp3) is 0.538. The van der Waals surface area contributed by atoms with E-state index in [9.17, 15) is 0 Å². The first-order chi connectivity index (χ1) is 7.69. The smallest absolute Gasteiger partial charge is 0.0657 e. The molecule has 3 heteroatoms. The van der Waals surface area contributed by atoms with Crippen LogP contribution in [0.5, 0.6) is 0 Å². The molecule has 1 rings (SSSR count). The molecule has 1 N–H and O–H groups in total. The van der Waals surface area contributed by atoms with E-state index in [1.807, 2.05) is 19.1 Å². The molecule has 1 aromatic rings. The van der Waals surface area contributed by atoms with E-state index >= 15 is 0 Å². The first-order valence-corrected chi connectivity index (χ1v) is 6.05. The first-order valence-electron chi connectivity index (χ1n) is 5.67. The van der Waals surface area contributed by atoms with Gasteiger partial charge < -0.3 is 10.1 Å². The maximum Gasteiger partial charge on any atom is 0.0657 e. The van der Waals surface area contributed by atoms with E-state index in [4.69, 9.17) is 16.3 Å². The first kappa shape index (κ1) is 13.5. The Morgan fingerprint density at radius 1 is 1.44 bits per heavy atom. The number of ether oxygens (including phenoxy) is 1. The highest BCUT2D eigenvalue weighted by atomic mass is 35.5. The van der Waals surface area contributed by atoms with Gasteiger partial charge in [-0.3, -0.25) is 0 Å². The van der Waals surface area contributed by atoms with Crippen molar-refractivity contribution in [3.63, 3.8) is 0 Å². The topological polar surface area (TPSA) is 21.3 Å². The van der Waals surface area contributed by atoms with Crippen molar-refractivity contribution in [2.75, 3.05) is 20.3 Å². The molecule has 2 nitrogen and oxygen atoms in total. The number of rotatable bonds is 6. The number of aryl methyl sites for hydroxylation is 1. The van der Waals surface area contributed by atoms with Gasteiger partial charge in [-0.2, -0.15) is 0 Å². The average molecular weight is 242 g/mol. The van der Waals surface area contributed by atoms with E-state index in [0.29, 0.717) is 6.61 Å². The molecule has 0 fully saturated rings. The summed E-state index contributed by atoms with van der Waals surface area (Å²) in [5.74, 6) is 0. The highest BCUT2D eigenvalue weighted by Crippen LogP contribution is 2.21. The molecule has 0 radical (unpaired) electrons. The molecule has 0 saturated carbocycles. The van der Waals surface area contributed by atoms with E-state index in [1.165, 1.54) is 5.56 Å². The largest absolute Gasteiger partial charge is 0.383 e. The lowest BCUT2D eigenvalue weighted by atomic mass is 10.1. The van der Waals surface area contributed by atoms with Crippen molar-refractivity contribution < 1.29 is 4.74 Å². The standard InChI is InChI=1S/C13H20ClNO/c1-4-7-15-13(9-16-3)11-6-5-10(2)12(14)8-11/h5-6,8,13,15H,4,7,9H2,1-3H3. The number of methoxy groups -OCH3 is 1. The molecule has 0 spiro atoms. The van der Waals surface area contributed by atoms with Gasteiger partial charge in [0.15, 0.2) is 0 Å². The third kappa shape index (κ3) is 3.78. The van der Waals surface area contributed by atoms with Crippen molar-refractivity contribution in [2.24, 2.45) is 0 Å². The van der Waals surface area contributed by atoms with E-state index < -0.39 is 0 Å². The Labute approximate surface area is 103 Å². The van der Waals surface area contributed by atoms with Crippen LogP contribution >= 0.6 is 11.6 Å². The molecule has 1 aromatic carbocycles. The monoisotopic (exact) mass is 241 g/mol. The summed E-state index contributed by atoms with van der Waals surface area (Å²) in [6, 6.07) is 6.40. The predicted octanol–water partition coefficient (Wildman–Crippen LogP) is 3.34. The van der Waals surface area contributed by atoms with Gasteiger partial charge in [-0.05, 0) is 37.1 Å². The highest BCUT2D eigenvalue weighted by Gasteiger charge is 2.11. The molecule has 16 heavy (non-hydrogen) atoms. The second kappa shape index (κ2) is 6.89. The average Bonchev–Trinajstić information content (AvgIpc) is 2.28. The quantitative estimate of drug-likeness (QED) is 0.825. The molecule has 0 saturated heterocycles. The minimum absolute atomic E-state index is 0.225. The number of nitrogens with one attached hydrogen (secondary N) is 1. The minimum atomic E-state index is 0.225. The molecule has 0 aliphatic rings. The number of halogens is 1. The second-order valence-electron chi connectivity index (χ2n) is 3.97. The SMILES string of the molecule is CCCNC(COC)c1ccc(C)c(Cl)c1. The molecule has 0 aromatic heterocycles. The van der Waals surface area contributed by atoms with Crippen molar-refractivity contribution in [1.29, 1.82) is 0 Å². The Morgan fingerprint density at radius 3 is 2.75 bits per heavy atom. The van der Waals surface area contributed by atoms with Crippen LogP contribution in [0.25, 0.3) is 0 Å². The third-order valence-electron chi connectivity index (χ3n) is 2.57. The summed E-state index contributed by atoms with van der Waals surface area (Å²) in [5, 5.41) is 4.27. The van der Waals surface area contributed by atoms with E-state index in [1.54, 1.807) is 7.11 Å². The number of hydrogen-bond acceptors (Lipinski definition) is 2. The zero-order chi connectivity index (χ0) is 12.0. The maximum absolute atomic E-state index is 6.12. The van der Waals surface area contributed by atoms with Crippen molar-refractivity contribution in [3.8, 4) is 0 Å². The minimum Gasteiger partial charge on any atom is -0.383 e. The summed E-state index contributed by atoms with van der Waals surface area (Å²) < 4.78 is 5.22. The second-order valence-corrected chi connectivity index (χ2v) is 4.38. The van der Waals surface area contributed by atoms with Gasteiger partial charge >= 0.3 is 0 Å². The fourth-order valence-electron chi connectivity index (χ4n) is 1.58. The van der Waals surface area contributed by atoms with Gasteiger partial charge in [0.1, 0.15) is 0 Å². The van der Waals surface area contributed by atoms with Crippen molar-refractivity contribution >= 4 is 11.6 Å². The summed E-state index contributed by atoms with van der Waals surface area (Å²) in [5.41, 5.74) is 2.29. The van der Waals surface area contributed by atoms with Crippen LogP contribution in [-0.2, 0) is 4.74 Å². The Kier molecular flexibility index (Phi) is 5.81. The number of benzene rings is 1. The molecule has 0 heterocycles. The van der Waals surface area contributed by atoms with Gasteiger partial charge in [0.2, 0.25) is 0 Å². The zero-order valence-corrected chi connectivity index (χ0v) is 11.0. The highest BCUT2D eigenvalue weighted by molar-refractivity contribution is 6.31. The van der Waals surface area contributed by atoms with Gasteiger partial charge in [0.05, 0.1) is 12.6 Å². The van der Waals surface area contributed by atoms with E-state index in [0.717, 1.165) is 23.6 Å². The summed E-state index contributed by atoms with van der Waals surface area (Å²) in [6.07, 6.45) is 1.11. The van der Waals surface area contributed by atoms with Gasteiger partial charge in [-0.1, -0.05) is 30.7 Å². The van der Waals surface area contributed by atoms with Crippen LogP contribution in [0.2, 0.25) is 5.02 Å². The lowest BCUT2D eigenvalue weighted by molar-refractivity contribution is 0.167. The fourth-order valence-corrected chi connectivity index (χ4v) is 1.77. The third-order valence-corrected chi connectivity index (χ3v) is 2.98. The molecule has 0 aliphatic carbocycles. The van der Waals surface area contributed by atoms with Gasteiger partial charge in [0, 0.05) is 12.1 Å². The van der Waals surface area contributed by atoms with Crippen LogP contribution in [0.1, 0.15) is 30.5 Å². The van der Waals surface area contributed by atoms with E-state index in [-0.39, 0.29) is 6.04 Å². The zero-order valence-electron chi connectivity index (χ0n) is 10.2. The molecular formula is C13H20ClNO. The molecule has 0 aliphatic heterocycles. The Morgan fingerprint density at radius 2 is 2.19 bits per heavy atom. The summed E-state index contributed by atoms with van der Waals surface area (Å²) in [6.45, 7) is 5.81. The summed E-state index contributed by atoms with van der Waals surface area (Å²) in [7, 11) is 1.72. The van der Waals surface area contributed by atoms with E-state index in [2.05, 4.69) is 18.3 Å². The van der Waals surface area contributed by atoms with Gasteiger partial charge in [-0.25, -0.2) is 0 Å². The van der Waals surface area contributed by atoms with Crippen molar-refractivity contribution in [1.82, 2.24) is 5.32 Å². The van der Waals surface area contributed by atoms with Gasteiger partial charge in [-0.15, -0.1) is 0 Å². The van der Waals surface area contributed by atoms with Gasteiger partial charge in [0.25, 0.3) is 0 Å². The van der Waals surface area contributed by atoms with Crippen LogP contribution < -0.4 is 5.32 Å². The summed E-state index contributed by atoms with van der Waals surface area (Å²) in [4.78, 5) is 0. The van der Waals surface area contributed by atoms with Crippen molar-refractivity contribution in [3.05, 3.63) is 34.3 Å². The predicted molar refractivity (Wildman–Crippen MR) is 69.1 cm³/mol. The van der Waals surface area contributed by atoms with Crippen LogP contribution in [0.15, 0.2) is 18.2 Å². The van der Waals surface area contributed by atoms with Crippen LogP contribution in [-0.4, -0.2) is 20.3 Å². The Hall–Kier alpha value is -0.570. The van der Waals surface area contributed by atoms with Crippen molar-refractivity contribution in [2.45, 2.75) is 26.3 Å². The lowest BCUT2D eigenvalue weighted by Gasteiger charge is -2.18. The molecule has 0 bridgehead atoms. The molecule has 1 atom stereocenters. The van der Waals surface area contributed by atoms with Crippen LogP contribution in [0, 0.1) is 6.92 Å². The lowest BCUT2D eigenvalue weighted by Crippen LogP contribution is -2.25. The number of hydrogen-bond donors (Lipinski definition) is 1. The molecule has 0 amide bonds. The Balaban J connectivity index is 2.78. The van der Waals surface area contributed by atoms with Crippen LogP contribution in [0.4, 0.5) is 0 Å². The summed E-state index contributed by atoms with van der Waals surface area (Å²) >= 11 is 6.12. The van der Waals surface area contributed by atoms with Crippen LogP contribution in [0.3, 0.4) is 0 Å². The Bertz CT molecular complexity index is 328. The molecular weight excluding hydrogens is 222 g/mol.